The topological polar surface area (TPSA) is 54.4 Å². The molecule has 0 aromatic rings. The molecule has 1 N–H and O–H groups in total. The van der Waals surface area contributed by atoms with Crippen LogP contribution in [0.3, 0.4) is 0 Å². The Balaban J connectivity index is 0. The summed E-state index contributed by atoms with van der Waals surface area (Å²) in [6.07, 6.45) is 28.7. The normalized spacial score (nSPS) is 16.9. The molecule has 3 nitrogen and oxygen atoms in total. The number of halogens is 3. The number of hydrogen-bond acceptors (Lipinski definition) is 2. The van der Waals surface area contributed by atoms with Gasteiger partial charge in [-0.1, -0.05) is 48.6 Å². The van der Waals surface area contributed by atoms with E-state index in [9.17, 15) is 18.4 Å². The van der Waals surface area contributed by atoms with Crippen LogP contribution in [0.25, 0.3) is 0 Å². The quantitative estimate of drug-likeness (QED) is 0.263. The van der Waals surface area contributed by atoms with Crippen molar-refractivity contribution in [2.24, 2.45) is 0 Å². The van der Waals surface area contributed by atoms with Crippen LogP contribution in [0, 0.1) is 0 Å². The van der Waals surface area contributed by atoms with Crippen molar-refractivity contribution < 1.29 is 40.4 Å². The van der Waals surface area contributed by atoms with Gasteiger partial charge in [-0.05, 0) is 51.4 Å². The Hall–Kier alpha value is -0.717. The van der Waals surface area contributed by atoms with E-state index in [0.717, 1.165) is 0 Å². The monoisotopic (exact) mass is 472 g/mol. The molecule has 2 rings (SSSR count). The van der Waals surface area contributed by atoms with Gasteiger partial charge >= 0.3 is 27.4 Å². The van der Waals surface area contributed by atoms with Crippen LogP contribution in [-0.4, -0.2) is 19.2 Å². The van der Waals surface area contributed by atoms with E-state index in [1.807, 2.05) is 0 Å². The summed E-state index contributed by atoms with van der Waals surface area (Å²) in [6, 6.07) is 0. The second-order valence-corrected chi connectivity index (χ2v) is 7.24. The van der Waals surface area contributed by atoms with Gasteiger partial charge in [0.2, 0.25) is 0 Å². The fourth-order valence-electron chi connectivity index (χ4n) is 1.71. The van der Waals surface area contributed by atoms with Gasteiger partial charge in [0.1, 0.15) is 0 Å². The first kappa shape index (κ1) is 26.5. The van der Waals surface area contributed by atoms with Gasteiger partial charge in [0, 0.05) is 0 Å². The molecule has 8 heteroatoms. The van der Waals surface area contributed by atoms with Crippen molar-refractivity contribution in [2.45, 2.75) is 51.4 Å². The van der Waals surface area contributed by atoms with Crippen LogP contribution in [-0.2, 0) is 27.6 Å². The van der Waals surface area contributed by atoms with E-state index in [-0.39, 0.29) is 0 Å². The number of allylic oxidation sites excluding steroid dienone is 8. The van der Waals surface area contributed by atoms with E-state index in [1.165, 1.54) is 51.4 Å². The Kier molecular flexibility index (Phi) is 20.8. The molecule has 0 atom stereocenters. The second kappa shape index (κ2) is 19.6. The molecule has 0 amide bonds. The molecule has 0 saturated heterocycles. The first-order valence-corrected chi connectivity index (χ1v) is 11.6. The standard InChI is InChI=1S/2C8H12.CH4O3S.3FH.Rh/c2*1-2-4-6-8-7-5-3-1;1-5(2,3)4;;;;/h2*1-2,7-8H,3-6H2;1H3,(H,2,3,4);3*1H;/q;;;;;;+3/p-3. The van der Waals surface area contributed by atoms with Crippen molar-refractivity contribution in [1.29, 1.82) is 0 Å². The zero-order valence-electron chi connectivity index (χ0n) is 14.4. The molecular weight excluding hydrogens is 444 g/mol. The molecule has 0 aromatic carbocycles. The number of rotatable bonds is 0. The molecule has 0 aromatic heterocycles. The molecule has 2 aliphatic rings. The van der Waals surface area contributed by atoms with E-state index in [4.69, 9.17) is 4.55 Å². The minimum atomic E-state index is -4.58. The van der Waals surface area contributed by atoms with Gasteiger partial charge in [0.05, 0.1) is 6.26 Å². The van der Waals surface area contributed by atoms with E-state index in [1.54, 1.807) is 0 Å². The van der Waals surface area contributed by atoms with Crippen LogP contribution in [0.15, 0.2) is 48.6 Å². The molecule has 25 heavy (non-hydrogen) atoms. The Bertz CT molecular complexity index is 411. The first-order chi connectivity index (χ1) is 11.7. The fourth-order valence-corrected chi connectivity index (χ4v) is 1.71. The third-order valence-electron chi connectivity index (χ3n) is 2.67. The summed E-state index contributed by atoms with van der Waals surface area (Å²) in [7, 11) is -3.67. The zero-order valence-corrected chi connectivity index (χ0v) is 16.9. The van der Waals surface area contributed by atoms with Crippen LogP contribution in [0.2, 0.25) is 0 Å². The Morgan fingerprint density at radius 3 is 0.800 bits per heavy atom. The predicted octanol–water partition coefficient (Wildman–Crippen LogP) is 6.11. The average molecular weight is 472 g/mol. The van der Waals surface area contributed by atoms with Crippen molar-refractivity contribution in [2.75, 3.05) is 6.26 Å². The van der Waals surface area contributed by atoms with Crippen molar-refractivity contribution >= 4 is 10.1 Å². The van der Waals surface area contributed by atoms with Crippen LogP contribution in [0.4, 0.5) is 9.95 Å². The third kappa shape index (κ3) is 45.2. The Morgan fingerprint density at radius 1 is 0.640 bits per heavy atom. The van der Waals surface area contributed by atoms with Crippen LogP contribution in [0.5, 0.6) is 0 Å². The fraction of sp³-hybridized carbons (Fsp3) is 0.529. The molecule has 0 radical (unpaired) electrons. The third-order valence-corrected chi connectivity index (χ3v) is 2.67. The maximum atomic E-state index is 9.80. The molecule has 0 unspecified atom stereocenters. The summed E-state index contributed by atoms with van der Waals surface area (Å²) in [5, 5.41) is 0. The minimum absolute atomic E-state index is 0.715. The molecule has 0 spiro atoms. The zero-order chi connectivity index (χ0) is 19.4. The summed E-state index contributed by atoms with van der Waals surface area (Å²) in [5.41, 5.74) is 0. The molecule has 0 heterocycles. The molecule has 0 aliphatic heterocycles. The van der Waals surface area contributed by atoms with Crippen LogP contribution >= 0.6 is 0 Å². The van der Waals surface area contributed by atoms with Gasteiger partial charge in [0.15, 0.2) is 0 Å². The summed E-state index contributed by atoms with van der Waals surface area (Å²) in [6.45, 7) is 0. The van der Waals surface area contributed by atoms with Gasteiger partial charge in [-0.25, -0.2) is 0 Å². The molecule has 150 valence electrons. The molecule has 2 aliphatic carbocycles. The van der Waals surface area contributed by atoms with Gasteiger partial charge in [-0.15, -0.1) is 0 Å². The summed E-state index contributed by atoms with van der Waals surface area (Å²) in [5.74, 6) is 0. The molecular formula is C17H28F3O3RhS. The molecule has 0 saturated carbocycles. The van der Waals surface area contributed by atoms with Crippen LogP contribution < -0.4 is 0 Å². The average Bonchev–Trinajstić information content (AvgIpc) is 2.34. The second-order valence-electron chi connectivity index (χ2n) is 5.07. The first-order valence-electron chi connectivity index (χ1n) is 7.90. The van der Waals surface area contributed by atoms with Gasteiger partial charge < -0.3 is 0 Å². The van der Waals surface area contributed by atoms with Gasteiger partial charge in [-0.3, -0.25) is 4.55 Å². The van der Waals surface area contributed by atoms with E-state index < -0.39 is 27.6 Å². The van der Waals surface area contributed by atoms with Crippen LogP contribution in [0.1, 0.15) is 51.4 Å². The SMILES string of the molecule is C1=CCCC=CCC1.C1=CCCC=CCC1.CS(=O)(=O)O.[F][Rh]([F])[F]. The summed E-state index contributed by atoms with van der Waals surface area (Å²) >= 11 is -4.58. The van der Waals surface area contributed by atoms with Gasteiger partial charge in [0.25, 0.3) is 10.1 Å². The maximum absolute atomic E-state index is 9.80. The summed E-state index contributed by atoms with van der Waals surface area (Å²) in [4.78, 5) is 0. The van der Waals surface area contributed by atoms with Gasteiger partial charge in [-0.2, -0.15) is 8.42 Å². The Morgan fingerprint density at radius 2 is 0.720 bits per heavy atom. The molecule has 0 fully saturated rings. The summed E-state index contributed by atoms with van der Waals surface area (Å²) < 4.78 is 55.3. The van der Waals surface area contributed by atoms with Crippen molar-refractivity contribution in [3.8, 4) is 0 Å². The van der Waals surface area contributed by atoms with Crippen molar-refractivity contribution in [3.63, 3.8) is 0 Å². The van der Waals surface area contributed by atoms with E-state index in [2.05, 4.69) is 48.6 Å². The van der Waals surface area contributed by atoms with E-state index in [0.29, 0.717) is 6.26 Å². The van der Waals surface area contributed by atoms with Crippen molar-refractivity contribution in [3.05, 3.63) is 48.6 Å². The molecule has 0 bridgehead atoms. The van der Waals surface area contributed by atoms with Crippen molar-refractivity contribution in [1.82, 2.24) is 0 Å². The Labute approximate surface area is 156 Å². The van der Waals surface area contributed by atoms with E-state index >= 15 is 0 Å². The predicted molar refractivity (Wildman–Crippen MR) is 94.3 cm³/mol. The number of hydrogen-bond donors (Lipinski definition) is 1.